The molecule has 0 bridgehead atoms. The second-order valence-corrected chi connectivity index (χ2v) is 7.63. The summed E-state index contributed by atoms with van der Waals surface area (Å²) in [5.74, 6) is 0.930. The van der Waals surface area contributed by atoms with Crippen molar-refractivity contribution in [1.29, 1.82) is 0 Å². The Hall–Kier alpha value is -1.67. The lowest BCUT2D eigenvalue weighted by Crippen LogP contribution is -2.46. The zero-order valence-electron chi connectivity index (χ0n) is 12.2. The summed E-state index contributed by atoms with van der Waals surface area (Å²) in [6.07, 6.45) is 3.33. The summed E-state index contributed by atoms with van der Waals surface area (Å²) in [5.41, 5.74) is 0.294. The number of hydrogen-bond donors (Lipinski definition) is 1. The third-order valence-corrected chi connectivity index (χ3v) is 5.61. The Morgan fingerprint density at radius 1 is 1.36 bits per heavy atom. The van der Waals surface area contributed by atoms with E-state index in [1.807, 2.05) is 0 Å². The minimum absolute atomic E-state index is 0.0511. The molecule has 1 aromatic heterocycles. The number of rotatable bonds is 5. The Balaban J connectivity index is 1.53. The Labute approximate surface area is 129 Å². The van der Waals surface area contributed by atoms with Crippen LogP contribution >= 0.6 is 0 Å². The van der Waals surface area contributed by atoms with Crippen LogP contribution in [0.3, 0.4) is 0 Å². The van der Waals surface area contributed by atoms with Gasteiger partial charge in [-0.15, -0.1) is 0 Å². The molecule has 1 aliphatic carbocycles. The van der Waals surface area contributed by atoms with Crippen molar-refractivity contribution in [2.24, 2.45) is 0 Å². The molecule has 2 fully saturated rings. The molecule has 22 heavy (non-hydrogen) atoms. The molecule has 8 heteroatoms. The summed E-state index contributed by atoms with van der Waals surface area (Å²) in [7, 11) is -3.37. The standard InChI is InChI=1S/C14H19N3O4S/c1-2-22(19,20)17-7-5-11(6-8-17)15-14(18)12-9-13(21-16-12)10-3-4-10/h2,9-11H,1,3-8H2,(H,15,18). The van der Waals surface area contributed by atoms with E-state index in [9.17, 15) is 13.2 Å². The van der Waals surface area contributed by atoms with Crippen LogP contribution in [-0.4, -0.2) is 42.9 Å². The van der Waals surface area contributed by atoms with E-state index < -0.39 is 10.0 Å². The number of piperidine rings is 1. The van der Waals surface area contributed by atoms with Gasteiger partial charge in [0, 0.05) is 36.5 Å². The fourth-order valence-electron chi connectivity index (χ4n) is 2.58. The Morgan fingerprint density at radius 2 is 2.05 bits per heavy atom. The summed E-state index contributed by atoms with van der Waals surface area (Å²) in [4.78, 5) is 12.1. The molecule has 2 aliphatic rings. The maximum Gasteiger partial charge on any atom is 0.273 e. The molecule has 3 rings (SSSR count). The van der Waals surface area contributed by atoms with Crippen LogP contribution in [-0.2, 0) is 10.0 Å². The van der Waals surface area contributed by atoms with E-state index in [1.165, 1.54) is 4.31 Å². The van der Waals surface area contributed by atoms with E-state index >= 15 is 0 Å². The topological polar surface area (TPSA) is 92.5 Å². The number of carbonyl (C=O) groups is 1. The smallest absolute Gasteiger partial charge is 0.273 e. The van der Waals surface area contributed by atoms with Gasteiger partial charge in [0.05, 0.1) is 0 Å². The Morgan fingerprint density at radius 3 is 2.64 bits per heavy atom. The highest BCUT2D eigenvalue weighted by molar-refractivity contribution is 7.92. The highest BCUT2D eigenvalue weighted by Crippen LogP contribution is 2.40. The third kappa shape index (κ3) is 3.22. The molecule has 0 atom stereocenters. The largest absolute Gasteiger partial charge is 0.360 e. The van der Waals surface area contributed by atoms with Gasteiger partial charge in [-0.2, -0.15) is 4.31 Å². The molecule has 0 aromatic carbocycles. The van der Waals surface area contributed by atoms with E-state index in [0.717, 1.165) is 24.0 Å². The van der Waals surface area contributed by atoms with Gasteiger partial charge in [-0.25, -0.2) is 8.42 Å². The van der Waals surface area contributed by atoms with Crippen LogP contribution in [0.2, 0.25) is 0 Å². The molecule has 1 saturated carbocycles. The molecule has 0 unspecified atom stereocenters. The van der Waals surface area contributed by atoms with Gasteiger partial charge < -0.3 is 9.84 Å². The average molecular weight is 325 g/mol. The molecular weight excluding hydrogens is 306 g/mol. The molecule has 1 aromatic rings. The van der Waals surface area contributed by atoms with Crippen molar-refractivity contribution in [3.63, 3.8) is 0 Å². The summed E-state index contributed by atoms with van der Waals surface area (Å²) < 4.78 is 29.9. The van der Waals surface area contributed by atoms with Gasteiger partial charge in [0.15, 0.2) is 5.69 Å². The van der Waals surface area contributed by atoms with Crippen molar-refractivity contribution in [1.82, 2.24) is 14.8 Å². The van der Waals surface area contributed by atoms with Crippen LogP contribution < -0.4 is 5.32 Å². The van der Waals surface area contributed by atoms with Crippen LogP contribution in [0.5, 0.6) is 0 Å². The molecule has 1 saturated heterocycles. The molecule has 0 spiro atoms. The summed E-state index contributed by atoms with van der Waals surface area (Å²) in [5, 5.41) is 7.65. The van der Waals surface area contributed by atoms with Crippen molar-refractivity contribution in [3.8, 4) is 0 Å². The predicted molar refractivity (Wildman–Crippen MR) is 79.7 cm³/mol. The van der Waals surface area contributed by atoms with Crippen LogP contribution in [0.15, 0.2) is 22.6 Å². The SMILES string of the molecule is C=CS(=O)(=O)N1CCC(NC(=O)c2cc(C3CC3)on2)CC1. The zero-order valence-corrected chi connectivity index (χ0v) is 13.0. The summed E-state index contributed by atoms with van der Waals surface area (Å²) >= 11 is 0. The van der Waals surface area contributed by atoms with Crippen LogP contribution in [0.4, 0.5) is 0 Å². The highest BCUT2D eigenvalue weighted by Gasteiger charge is 2.30. The molecule has 2 heterocycles. The van der Waals surface area contributed by atoms with Crippen molar-refractivity contribution in [2.45, 2.75) is 37.6 Å². The summed E-state index contributed by atoms with van der Waals surface area (Å²) in [6, 6.07) is 1.65. The van der Waals surface area contributed by atoms with Gasteiger partial charge in [-0.05, 0) is 25.7 Å². The summed E-state index contributed by atoms with van der Waals surface area (Å²) in [6.45, 7) is 4.08. The Kier molecular flexibility index (Phi) is 4.05. The molecule has 1 N–H and O–H groups in total. The van der Waals surface area contributed by atoms with Gasteiger partial charge in [-0.1, -0.05) is 11.7 Å². The minimum atomic E-state index is -3.37. The monoisotopic (exact) mass is 325 g/mol. The number of amides is 1. The highest BCUT2D eigenvalue weighted by atomic mass is 32.2. The number of nitrogens with zero attached hydrogens (tertiary/aromatic N) is 2. The lowest BCUT2D eigenvalue weighted by molar-refractivity contribution is 0.0914. The molecule has 0 radical (unpaired) electrons. The normalized spacial score (nSPS) is 20.7. The molecular formula is C14H19N3O4S. The number of sulfonamides is 1. The lowest BCUT2D eigenvalue weighted by atomic mass is 10.1. The fraction of sp³-hybridized carbons (Fsp3) is 0.571. The van der Waals surface area contributed by atoms with Gasteiger partial charge in [0.1, 0.15) is 5.76 Å². The molecule has 1 amide bonds. The van der Waals surface area contributed by atoms with Gasteiger partial charge >= 0.3 is 0 Å². The van der Waals surface area contributed by atoms with Crippen LogP contribution in [0.1, 0.15) is 47.8 Å². The number of hydrogen-bond acceptors (Lipinski definition) is 5. The first kappa shape index (κ1) is 15.2. The second kappa shape index (κ2) is 5.85. The number of aromatic nitrogens is 1. The van der Waals surface area contributed by atoms with Crippen molar-refractivity contribution in [3.05, 3.63) is 29.5 Å². The van der Waals surface area contributed by atoms with Crippen molar-refractivity contribution < 1.29 is 17.7 Å². The fourth-order valence-corrected chi connectivity index (χ4v) is 3.51. The minimum Gasteiger partial charge on any atom is -0.360 e. The first-order valence-corrected chi connectivity index (χ1v) is 8.90. The average Bonchev–Trinajstić information content (AvgIpc) is 3.25. The maximum absolute atomic E-state index is 12.1. The maximum atomic E-state index is 12.1. The first-order chi connectivity index (χ1) is 10.5. The van der Waals surface area contributed by atoms with Gasteiger partial charge in [0.25, 0.3) is 5.91 Å². The van der Waals surface area contributed by atoms with Crippen LogP contribution in [0, 0.1) is 0 Å². The van der Waals surface area contributed by atoms with E-state index in [4.69, 9.17) is 4.52 Å². The van der Waals surface area contributed by atoms with Gasteiger partial charge in [-0.3, -0.25) is 4.79 Å². The van der Waals surface area contributed by atoms with E-state index in [0.29, 0.717) is 37.5 Å². The molecule has 120 valence electrons. The Bertz CT molecular complexity index is 670. The van der Waals surface area contributed by atoms with E-state index in [2.05, 4.69) is 17.1 Å². The first-order valence-electron chi connectivity index (χ1n) is 7.39. The number of nitrogens with one attached hydrogen (secondary N) is 1. The number of carbonyl (C=O) groups excluding carboxylic acids is 1. The second-order valence-electron chi connectivity index (χ2n) is 5.75. The molecule has 1 aliphatic heterocycles. The third-order valence-electron chi connectivity index (χ3n) is 4.10. The van der Waals surface area contributed by atoms with E-state index in [1.54, 1.807) is 6.07 Å². The zero-order chi connectivity index (χ0) is 15.7. The van der Waals surface area contributed by atoms with E-state index in [-0.39, 0.29) is 11.9 Å². The quantitative estimate of drug-likeness (QED) is 0.878. The van der Waals surface area contributed by atoms with Gasteiger partial charge in [0.2, 0.25) is 10.0 Å². The lowest BCUT2D eigenvalue weighted by Gasteiger charge is -2.30. The van der Waals surface area contributed by atoms with Crippen molar-refractivity contribution in [2.75, 3.05) is 13.1 Å². The predicted octanol–water partition coefficient (Wildman–Crippen LogP) is 1.22. The van der Waals surface area contributed by atoms with Crippen molar-refractivity contribution >= 4 is 15.9 Å². The molecule has 7 nitrogen and oxygen atoms in total. The van der Waals surface area contributed by atoms with Crippen LogP contribution in [0.25, 0.3) is 0 Å².